The van der Waals surface area contributed by atoms with E-state index < -0.39 is 10.0 Å². The molecule has 1 atom stereocenters. The first kappa shape index (κ1) is 17.6. The Bertz CT molecular complexity index is 534. The molecule has 0 aliphatic carbocycles. The number of hydrogen-bond acceptors (Lipinski definition) is 4. The number of methoxy groups -OCH3 is 1. The molecular formula is C13H21BrN2O3S. The van der Waals surface area contributed by atoms with E-state index in [-0.39, 0.29) is 10.9 Å². The number of ether oxygens (including phenoxy) is 1. The molecule has 2 N–H and O–H groups in total. The lowest BCUT2D eigenvalue weighted by Crippen LogP contribution is -2.35. The van der Waals surface area contributed by atoms with Crippen molar-refractivity contribution in [2.45, 2.75) is 31.3 Å². The molecule has 0 amide bonds. The second kappa shape index (κ2) is 8.09. The molecule has 0 spiro atoms. The zero-order chi connectivity index (χ0) is 15.2. The van der Waals surface area contributed by atoms with Gasteiger partial charge in [0.2, 0.25) is 10.0 Å². The molecule has 20 heavy (non-hydrogen) atoms. The quantitative estimate of drug-likeness (QED) is 0.738. The average Bonchev–Trinajstić information content (AvgIpc) is 2.37. The summed E-state index contributed by atoms with van der Waals surface area (Å²) in [7, 11) is -2.03. The largest absolute Gasteiger partial charge is 0.383 e. The van der Waals surface area contributed by atoms with Crippen LogP contribution in [0.4, 0.5) is 0 Å². The van der Waals surface area contributed by atoms with Crippen molar-refractivity contribution in [3.05, 3.63) is 28.2 Å². The molecule has 0 bridgehead atoms. The second-order valence-corrected chi connectivity index (χ2v) is 7.06. The van der Waals surface area contributed by atoms with Crippen LogP contribution in [0.3, 0.4) is 0 Å². The molecule has 0 heterocycles. The third-order valence-corrected chi connectivity index (χ3v) is 5.22. The van der Waals surface area contributed by atoms with Crippen LogP contribution in [0.15, 0.2) is 27.6 Å². The number of halogens is 1. The Morgan fingerprint density at radius 1 is 1.40 bits per heavy atom. The van der Waals surface area contributed by atoms with E-state index in [0.29, 0.717) is 17.6 Å². The van der Waals surface area contributed by atoms with Gasteiger partial charge < -0.3 is 10.1 Å². The van der Waals surface area contributed by atoms with Gasteiger partial charge >= 0.3 is 0 Å². The van der Waals surface area contributed by atoms with Gasteiger partial charge in [-0.25, -0.2) is 13.1 Å². The Balaban J connectivity index is 2.98. The summed E-state index contributed by atoms with van der Waals surface area (Å²) in [6.45, 7) is 5.57. The number of rotatable bonds is 8. The highest BCUT2D eigenvalue weighted by atomic mass is 79.9. The van der Waals surface area contributed by atoms with Gasteiger partial charge in [-0.1, -0.05) is 13.0 Å². The zero-order valence-corrected chi connectivity index (χ0v) is 14.3. The van der Waals surface area contributed by atoms with E-state index in [4.69, 9.17) is 4.74 Å². The molecule has 0 aliphatic heterocycles. The first-order valence-corrected chi connectivity index (χ1v) is 8.68. The predicted molar refractivity (Wildman–Crippen MR) is 83.2 cm³/mol. The summed E-state index contributed by atoms with van der Waals surface area (Å²) in [4.78, 5) is 0.246. The molecule has 7 heteroatoms. The highest BCUT2D eigenvalue weighted by Gasteiger charge is 2.20. The zero-order valence-electron chi connectivity index (χ0n) is 11.9. The first-order valence-electron chi connectivity index (χ1n) is 6.41. The Morgan fingerprint density at radius 3 is 2.70 bits per heavy atom. The van der Waals surface area contributed by atoms with Crippen LogP contribution in [0, 0.1) is 0 Å². The molecule has 0 fully saturated rings. The minimum Gasteiger partial charge on any atom is -0.383 e. The van der Waals surface area contributed by atoms with Crippen LogP contribution >= 0.6 is 15.9 Å². The van der Waals surface area contributed by atoms with Crippen molar-refractivity contribution in [3.8, 4) is 0 Å². The Kier molecular flexibility index (Phi) is 7.11. The summed E-state index contributed by atoms with van der Waals surface area (Å²) in [5.41, 5.74) is 0.926. The molecule has 0 aliphatic rings. The molecule has 1 aromatic carbocycles. The summed E-state index contributed by atoms with van der Waals surface area (Å²) in [5, 5.41) is 3.17. The van der Waals surface area contributed by atoms with Crippen molar-refractivity contribution in [2.24, 2.45) is 0 Å². The lowest BCUT2D eigenvalue weighted by molar-refractivity contribution is 0.180. The van der Waals surface area contributed by atoms with Gasteiger partial charge in [0.25, 0.3) is 0 Å². The molecule has 5 nitrogen and oxygen atoms in total. The summed E-state index contributed by atoms with van der Waals surface area (Å²) in [6, 6.07) is 5.04. The minimum absolute atomic E-state index is 0.246. The minimum atomic E-state index is -3.56. The molecule has 0 aromatic heterocycles. The van der Waals surface area contributed by atoms with Crippen molar-refractivity contribution < 1.29 is 13.2 Å². The predicted octanol–water partition coefficient (Wildman–Crippen LogP) is 1.87. The third-order valence-electron chi connectivity index (χ3n) is 2.64. The fraction of sp³-hybridized carbons (Fsp3) is 0.538. The van der Waals surface area contributed by atoms with Gasteiger partial charge in [-0.3, -0.25) is 0 Å². The van der Waals surface area contributed by atoms with Gasteiger partial charge in [-0.2, -0.15) is 0 Å². The van der Waals surface area contributed by atoms with Crippen molar-refractivity contribution in [3.63, 3.8) is 0 Å². The van der Waals surface area contributed by atoms with Gasteiger partial charge in [0.05, 0.1) is 11.5 Å². The molecule has 1 rings (SSSR count). The number of hydrogen-bond donors (Lipinski definition) is 2. The van der Waals surface area contributed by atoms with E-state index in [1.165, 1.54) is 7.11 Å². The van der Waals surface area contributed by atoms with Crippen molar-refractivity contribution in [1.29, 1.82) is 0 Å². The lowest BCUT2D eigenvalue weighted by Gasteiger charge is -2.15. The second-order valence-electron chi connectivity index (χ2n) is 4.52. The molecular weight excluding hydrogens is 344 g/mol. The molecule has 0 radical (unpaired) electrons. The summed E-state index contributed by atoms with van der Waals surface area (Å²) >= 11 is 3.29. The highest BCUT2D eigenvalue weighted by Crippen LogP contribution is 2.23. The summed E-state index contributed by atoms with van der Waals surface area (Å²) in [5.74, 6) is 0. The van der Waals surface area contributed by atoms with Crippen molar-refractivity contribution in [2.75, 3.05) is 20.3 Å². The normalized spacial score (nSPS) is 13.4. The molecule has 0 saturated carbocycles. The van der Waals surface area contributed by atoms with Gasteiger partial charge in [0.1, 0.15) is 0 Å². The van der Waals surface area contributed by atoms with Gasteiger partial charge in [0.15, 0.2) is 0 Å². The van der Waals surface area contributed by atoms with E-state index in [1.807, 2.05) is 13.0 Å². The van der Waals surface area contributed by atoms with Crippen molar-refractivity contribution >= 4 is 26.0 Å². The van der Waals surface area contributed by atoms with E-state index in [1.54, 1.807) is 19.1 Å². The topological polar surface area (TPSA) is 67.4 Å². The molecule has 1 aromatic rings. The summed E-state index contributed by atoms with van der Waals surface area (Å²) in [6.07, 6.45) is 0. The highest BCUT2D eigenvalue weighted by molar-refractivity contribution is 9.10. The number of sulfonamides is 1. The van der Waals surface area contributed by atoms with Crippen molar-refractivity contribution in [1.82, 2.24) is 10.0 Å². The van der Waals surface area contributed by atoms with Crippen LogP contribution in [0.1, 0.15) is 19.4 Å². The number of benzene rings is 1. The molecule has 1 unspecified atom stereocenters. The molecule has 0 saturated heterocycles. The Morgan fingerprint density at radius 2 is 2.10 bits per heavy atom. The third kappa shape index (κ3) is 5.14. The van der Waals surface area contributed by atoms with Crippen LogP contribution in [-0.4, -0.2) is 34.7 Å². The van der Waals surface area contributed by atoms with E-state index >= 15 is 0 Å². The van der Waals surface area contributed by atoms with E-state index in [2.05, 4.69) is 26.0 Å². The van der Waals surface area contributed by atoms with E-state index in [0.717, 1.165) is 12.1 Å². The SMILES string of the molecule is CCNCc1ccc(Br)c(S(=O)(=O)NC(C)COC)c1. The fourth-order valence-corrected chi connectivity index (χ4v) is 3.99. The maximum absolute atomic E-state index is 12.3. The van der Waals surface area contributed by atoms with Crippen LogP contribution < -0.4 is 10.0 Å². The maximum Gasteiger partial charge on any atom is 0.242 e. The lowest BCUT2D eigenvalue weighted by atomic mass is 10.2. The maximum atomic E-state index is 12.3. The standard InChI is InChI=1S/C13H21BrN2O3S/c1-4-15-8-11-5-6-12(14)13(7-11)20(17,18)16-10(2)9-19-3/h5-7,10,15-16H,4,8-9H2,1-3H3. The van der Waals surface area contributed by atoms with Crippen LogP contribution in [-0.2, 0) is 21.3 Å². The van der Waals surface area contributed by atoms with Gasteiger partial charge in [0, 0.05) is 24.2 Å². The smallest absolute Gasteiger partial charge is 0.242 e. The Hall–Kier alpha value is -0.470. The van der Waals surface area contributed by atoms with Crippen LogP contribution in [0.25, 0.3) is 0 Å². The molecule has 114 valence electrons. The van der Waals surface area contributed by atoms with Gasteiger partial charge in [-0.15, -0.1) is 0 Å². The Labute approximate surface area is 129 Å². The van der Waals surface area contributed by atoms with Crippen LogP contribution in [0.2, 0.25) is 0 Å². The average molecular weight is 365 g/mol. The van der Waals surface area contributed by atoms with Gasteiger partial charge in [-0.05, 0) is 47.1 Å². The summed E-state index contributed by atoms with van der Waals surface area (Å²) < 4.78 is 32.8. The van der Waals surface area contributed by atoms with Crippen LogP contribution in [0.5, 0.6) is 0 Å². The number of nitrogens with one attached hydrogen (secondary N) is 2. The fourth-order valence-electron chi connectivity index (χ4n) is 1.75. The monoisotopic (exact) mass is 364 g/mol. The first-order chi connectivity index (χ1) is 9.40. The van der Waals surface area contributed by atoms with E-state index in [9.17, 15) is 8.42 Å².